The van der Waals surface area contributed by atoms with Crippen molar-refractivity contribution in [2.45, 2.75) is 0 Å². The summed E-state index contributed by atoms with van der Waals surface area (Å²) in [7, 11) is 0. The minimum Gasteiger partial charge on any atom is -0.258 e. The second kappa shape index (κ2) is 6.31. The third-order valence-electron chi connectivity index (χ3n) is 2.57. The molecule has 0 saturated heterocycles. The Hall–Kier alpha value is -2.68. The Morgan fingerprint density at radius 1 is 0.842 bits per heavy atom. The van der Waals surface area contributed by atoms with E-state index in [-0.39, 0.29) is 5.69 Å². The smallest absolute Gasteiger partial charge is 0.258 e. The fourth-order valence-electron chi connectivity index (χ4n) is 1.64. The molecule has 19 heavy (non-hydrogen) atoms. The van der Waals surface area contributed by atoms with Gasteiger partial charge in [-0.2, -0.15) is 0 Å². The van der Waals surface area contributed by atoms with Crippen molar-refractivity contribution in [2.24, 2.45) is 0 Å². The van der Waals surface area contributed by atoms with Gasteiger partial charge in [0.2, 0.25) is 0 Å². The van der Waals surface area contributed by atoms with Crippen LogP contribution in [0.2, 0.25) is 0 Å². The molecular weight excluding hydrogens is 238 g/mol. The number of nitro groups is 1. The molecule has 0 aliphatic heterocycles. The molecule has 0 saturated carbocycles. The van der Waals surface area contributed by atoms with Crippen molar-refractivity contribution in [3.8, 4) is 0 Å². The van der Waals surface area contributed by atoms with Crippen LogP contribution in [0.1, 0.15) is 11.1 Å². The van der Waals surface area contributed by atoms with Crippen LogP contribution in [0.25, 0.3) is 12.2 Å². The number of nitrogens with zero attached hydrogens (tertiary/aromatic N) is 1. The van der Waals surface area contributed by atoms with Gasteiger partial charge in [0.25, 0.3) is 5.69 Å². The van der Waals surface area contributed by atoms with Gasteiger partial charge in [-0.1, -0.05) is 66.8 Å². The van der Waals surface area contributed by atoms with E-state index in [1.807, 2.05) is 60.7 Å². The number of hydrogen-bond acceptors (Lipinski definition) is 2. The molecule has 0 bridgehead atoms. The predicted octanol–water partition coefficient (Wildman–Crippen LogP) is 4.32. The molecule has 0 atom stereocenters. The van der Waals surface area contributed by atoms with E-state index in [0.29, 0.717) is 0 Å². The molecule has 3 nitrogen and oxygen atoms in total. The van der Waals surface area contributed by atoms with Crippen molar-refractivity contribution in [3.05, 3.63) is 88.0 Å². The largest absolute Gasteiger partial charge is 0.270 e. The maximum absolute atomic E-state index is 10.6. The minimum absolute atomic E-state index is 0.106. The SMILES string of the molecule is O=[N+]([O-])c1cccc(C=CC=Cc2ccccc2)c1. The predicted molar refractivity (Wildman–Crippen MR) is 77.6 cm³/mol. The molecule has 2 aromatic rings. The molecule has 0 aliphatic carbocycles. The van der Waals surface area contributed by atoms with E-state index < -0.39 is 4.92 Å². The number of hydrogen-bond donors (Lipinski definition) is 0. The van der Waals surface area contributed by atoms with Crippen LogP contribution in [-0.2, 0) is 0 Å². The highest BCUT2D eigenvalue weighted by atomic mass is 16.6. The van der Waals surface area contributed by atoms with Crippen LogP contribution in [0.15, 0.2) is 66.7 Å². The average Bonchev–Trinajstić information content (AvgIpc) is 2.45. The van der Waals surface area contributed by atoms with E-state index in [9.17, 15) is 10.1 Å². The van der Waals surface area contributed by atoms with Gasteiger partial charge in [-0.3, -0.25) is 10.1 Å². The van der Waals surface area contributed by atoms with Gasteiger partial charge in [-0.05, 0) is 11.1 Å². The highest BCUT2D eigenvalue weighted by Gasteiger charge is 2.02. The van der Waals surface area contributed by atoms with E-state index in [2.05, 4.69) is 0 Å². The van der Waals surface area contributed by atoms with Gasteiger partial charge >= 0.3 is 0 Å². The first-order valence-corrected chi connectivity index (χ1v) is 5.90. The van der Waals surface area contributed by atoms with Gasteiger partial charge in [-0.25, -0.2) is 0 Å². The van der Waals surface area contributed by atoms with E-state index in [0.717, 1.165) is 11.1 Å². The maximum Gasteiger partial charge on any atom is 0.270 e. The summed E-state index contributed by atoms with van der Waals surface area (Å²) in [6.07, 6.45) is 7.60. The number of allylic oxidation sites excluding steroid dienone is 2. The Balaban J connectivity index is 2.05. The quantitative estimate of drug-likeness (QED) is 0.461. The molecule has 0 N–H and O–H groups in total. The first-order valence-electron chi connectivity index (χ1n) is 5.90. The van der Waals surface area contributed by atoms with Crippen molar-refractivity contribution in [1.29, 1.82) is 0 Å². The van der Waals surface area contributed by atoms with Gasteiger partial charge in [0.15, 0.2) is 0 Å². The van der Waals surface area contributed by atoms with Crippen LogP contribution in [0.3, 0.4) is 0 Å². The van der Waals surface area contributed by atoms with Crippen LogP contribution in [0.5, 0.6) is 0 Å². The van der Waals surface area contributed by atoms with Crippen molar-refractivity contribution in [3.63, 3.8) is 0 Å². The summed E-state index contributed by atoms with van der Waals surface area (Å²) < 4.78 is 0. The van der Waals surface area contributed by atoms with Crippen LogP contribution in [0, 0.1) is 10.1 Å². The third-order valence-corrected chi connectivity index (χ3v) is 2.57. The Morgan fingerprint density at radius 3 is 2.16 bits per heavy atom. The van der Waals surface area contributed by atoms with Crippen LogP contribution in [-0.4, -0.2) is 4.92 Å². The Kier molecular flexibility index (Phi) is 4.24. The summed E-state index contributed by atoms with van der Waals surface area (Å²) in [4.78, 5) is 10.2. The zero-order chi connectivity index (χ0) is 13.5. The molecule has 0 spiro atoms. The van der Waals surface area contributed by atoms with Crippen LogP contribution in [0.4, 0.5) is 5.69 Å². The van der Waals surface area contributed by atoms with Gasteiger partial charge < -0.3 is 0 Å². The molecule has 0 fully saturated rings. The number of benzene rings is 2. The van der Waals surface area contributed by atoms with E-state index in [1.165, 1.54) is 6.07 Å². The van der Waals surface area contributed by atoms with E-state index >= 15 is 0 Å². The number of nitro benzene ring substituents is 1. The zero-order valence-electron chi connectivity index (χ0n) is 10.3. The fraction of sp³-hybridized carbons (Fsp3) is 0. The second-order valence-corrected chi connectivity index (χ2v) is 3.98. The first kappa shape index (κ1) is 12.8. The standard InChI is InChI=1S/C16H13NO2/c18-17(19)16-12-6-11-15(13-16)10-5-4-9-14-7-2-1-3-8-14/h1-13H. The van der Waals surface area contributed by atoms with Gasteiger partial charge in [0, 0.05) is 12.1 Å². The van der Waals surface area contributed by atoms with Crippen LogP contribution < -0.4 is 0 Å². The molecule has 0 amide bonds. The van der Waals surface area contributed by atoms with Crippen molar-refractivity contribution >= 4 is 17.8 Å². The Labute approximate surface area is 111 Å². The molecule has 0 unspecified atom stereocenters. The summed E-state index contributed by atoms with van der Waals surface area (Å²) in [5.41, 5.74) is 2.03. The molecule has 3 heteroatoms. The third kappa shape index (κ3) is 3.92. The number of non-ortho nitro benzene ring substituents is 1. The molecule has 0 radical (unpaired) electrons. The first-order chi connectivity index (χ1) is 9.25. The molecule has 0 aliphatic rings. The molecule has 0 aromatic heterocycles. The molecule has 94 valence electrons. The molecule has 2 rings (SSSR count). The summed E-state index contributed by atoms with van der Waals surface area (Å²) in [5, 5.41) is 10.6. The monoisotopic (exact) mass is 251 g/mol. The molecule has 0 heterocycles. The minimum atomic E-state index is -0.392. The lowest BCUT2D eigenvalue weighted by Gasteiger charge is -1.93. The van der Waals surface area contributed by atoms with E-state index in [4.69, 9.17) is 0 Å². The summed E-state index contributed by atoms with van der Waals surface area (Å²) in [5.74, 6) is 0. The number of rotatable bonds is 4. The summed E-state index contributed by atoms with van der Waals surface area (Å²) in [6.45, 7) is 0. The van der Waals surface area contributed by atoms with Gasteiger partial charge in [0.1, 0.15) is 0 Å². The maximum atomic E-state index is 10.6. The van der Waals surface area contributed by atoms with Gasteiger partial charge in [-0.15, -0.1) is 0 Å². The molecular formula is C16H13NO2. The fourth-order valence-corrected chi connectivity index (χ4v) is 1.64. The topological polar surface area (TPSA) is 43.1 Å². The van der Waals surface area contributed by atoms with Crippen molar-refractivity contribution in [1.82, 2.24) is 0 Å². The highest BCUT2D eigenvalue weighted by molar-refractivity contribution is 5.58. The second-order valence-electron chi connectivity index (χ2n) is 3.98. The lowest BCUT2D eigenvalue weighted by Crippen LogP contribution is -1.87. The molecule has 2 aromatic carbocycles. The Bertz CT molecular complexity index is 616. The lowest BCUT2D eigenvalue weighted by atomic mass is 10.1. The highest BCUT2D eigenvalue weighted by Crippen LogP contribution is 2.14. The zero-order valence-corrected chi connectivity index (χ0v) is 10.3. The average molecular weight is 251 g/mol. The van der Waals surface area contributed by atoms with E-state index in [1.54, 1.807) is 12.1 Å². The van der Waals surface area contributed by atoms with Gasteiger partial charge in [0.05, 0.1) is 4.92 Å². The van der Waals surface area contributed by atoms with Crippen molar-refractivity contribution in [2.75, 3.05) is 0 Å². The summed E-state index contributed by atoms with van der Waals surface area (Å²) in [6, 6.07) is 16.5. The van der Waals surface area contributed by atoms with Crippen LogP contribution >= 0.6 is 0 Å². The normalized spacial score (nSPS) is 11.2. The lowest BCUT2D eigenvalue weighted by molar-refractivity contribution is -0.384. The van der Waals surface area contributed by atoms with Crippen molar-refractivity contribution < 1.29 is 4.92 Å². The Morgan fingerprint density at radius 2 is 1.47 bits per heavy atom. The summed E-state index contributed by atoms with van der Waals surface area (Å²) >= 11 is 0.